The molecule has 2 nitrogen and oxygen atoms in total. The zero-order chi connectivity index (χ0) is 21.6. The van der Waals surface area contributed by atoms with Crippen LogP contribution in [0.15, 0.2) is 77.5 Å². The highest BCUT2D eigenvalue weighted by Crippen LogP contribution is 2.46. The number of hydrogen-bond donors (Lipinski definition) is 0. The van der Waals surface area contributed by atoms with Crippen molar-refractivity contribution in [3.8, 4) is 0 Å². The normalized spacial score (nSPS) is 25.7. The average molecular weight is 413 g/mol. The number of fused-ring (bicyclic) bond motifs is 3. The van der Waals surface area contributed by atoms with Gasteiger partial charge in [0.1, 0.15) is 0 Å². The van der Waals surface area contributed by atoms with E-state index in [1.165, 1.54) is 43.0 Å². The second-order valence-electron chi connectivity index (χ2n) is 8.92. The predicted octanol–water partition coefficient (Wildman–Crippen LogP) is 5.52. The Kier molecular flexibility index (Phi) is 7.06. The summed E-state index contributed by atoms with van der Waals surface area (Å²) in [6.45, 7) is 11.3. The van der Waals surface area contributed by atoms with E-state index in [-0.39, 0.29) is 0 Å². The van der Waals surface area contributed by atoms with Crippen molar-refractivity contribution in [1.82, 2.24) is 4.90 Å². The summed E-state index contributed by atoms with van der Waals surface area (Å²) in [4.78, 5) is 7.53. The number of benzene rings is 1. The molecule has 2 aliphatic carbocycles. The molecule has 0 bridgehead atoms. The van der Waals surface area contributed by atoms with Gasteiger partial charge in [-0.05, 0) is 56.2 Å². The molecule has 0 saturated carbocycles. The van der Waals surface area contributed by atoms with Gasteiger partial charge in [0.25, 0.3) is 0 Å². The molecule has 162 valence electrons. The molecule has 0 spiro atoms. The van der Waals surface area contributed by atoms with Gasteiger partial charge in [0.05, 0.1) is 11.7 Å². The van der Waals surface area contributed by atoms with Crippen LogP contribution in [0.1, 0.15) is 51.9 Å². The molecule has 0 aromatic heterocycles. The maximum absolute atomic E-state index is 4.84. The SMILES string of the molecule is C=CCCCCCN1C2=CC[C@@H](C(/N=C/C)=c3\ccccc3=C)C=C2[C@H]2CCC=CC21. The number of rotatable bonds is 8. The van der Waals surface area contributed by atoms with Gasteiger partial charge in [-0.25, -0.2) is 0 Å². The summed E-state index contributed by atoms with van der Waals surface area (Å²) in [6.07, 6.45) is 22.2. The molecule has 31 heavy (non-hydrogen) atoms. The molecule has 1 heterocycles. The van der Waals surface area contributed by atoms with Crippen molar-refractivity contribution >= 4 is 18.5 Å². The first kappa shape index (κ1) is 21.6. The quantitative estimate of drug-likeness (QED) is 0.312. The van der Waals surface area contributed by atoms with E-state index in [2.05, 4.69) is 66.6 Å². The van der Waals surface area contributed by atoms with E-state index in [4.69, 9.17) is 4.99 Å². The molecule has 3 aliphatic rings. The van der Waals surface area contributed by atoms with Gasteiger partial charge in [0, 0.05) is 35.5 Å². The van der Waals surface area contributed by atoms with E-state index in [1.54, 1.807) is 5.57 Å². The molecule has 0 N–H and O–H groups in total. The number of allylic oxidation sites excluding steroid dienone is 4. The highest BCUT2D eigenvalue weighted by Gasteiger charge is 2.41. The first-order valence-electron chi connectivity index (χ1n) is 12.0. The summed E-state index contributed by atoms with van der Waals surface area (Å²) in [5, 5.41) is 2.23. The van der Waals surface area contributed by atoms with Crippen molar-refractivity contribution in [2.24, 2.45) is 16.8 Å². The molecular formula is C29H36N2. The number of aliphatic imine (C=N–C) groups is 1. The Hall–Kier alpha value is -2.61. The van der Waals surface area contributed by atoms with Crippen LogP contribution in [0.25, 0.3) is 12.3 Å². The van der Waals surface area contributed by atoms with Crippen LogP contribution in [-0.4, -0.2) is 23.7 Å². The average Bonchev–Trinajstić information content (AvgIpc) is 3.11. The fourth-order valence-electron chi connectivity index (χ4n) is 5.44. The molecule has 2 heteroatoms. The number of hydrogen-bond acceptors (Lipinski definition) is 2. The first-order chi connectivity index (χ1) is 15.2. The van der Waals surface area contributed by atoms with Crippen molar-refractivity contribution in [3.63, 3.8) is 0 Å². The smallest absolute Gasteiger partial charge is 0.0549 e. The van der Waals surface area contributed by atoms with Crippen LogP contribution in [0.4, 0.5) is 0 Å². The molecule has 1 aliphatic heterocycles. The third-order valence-corrected chi connectivity index (χ3v) is 6.92. The fraction of sp³-hybridized carbons (Fsp3) is 0.414. The van der Waals surface area contributed by atoms with E-state index < -0.39 is 0 Å². The van der Waals surface area contributed by atoms with E-state index in [1.807, 2.05) is 19.2 Å². The van der Waals surface area contributed by atoms with Gasteiger partial charge >= 0.3 is 0 Å². The molecule has 1 saturated heterocycles. The van der Waals surface area contributed by atoms with Crippen LogP contribution in [0.3, 0.4) is 0 Å². The van der Waals surface area contributed by atoms with Crippen LogP contribution in [0.5, 0.6) is 0 Å². The third-order valence-electron chi connectivity index (χ3n) is 6.92. The van der Waals surface area contributed by atoms with E-state index in [0.29, 0.717) is 17.9 Å². The van der Waals surface area contributed by atoms with Crippen molar-refractivity contribution in [2.75, 3.05) is 6.54 Å². The Balaban J connectivity index is 1.64. The van der Waals surface area contributed by atoms with Gasteiger partial charge in [-0.2, -0.15) is 0 Å². The monoisotopic (exact) mass is 412 g/mol. The predicted molar refractivity (Wildman–Crippen MR) is 134 cm³/mol. The summed E-state index contributed by atoms with van der Waals surface area (Å²) in [5.41, 5.74) is 4.20. The molecule has 4 rings (SSSR count). The molecule has 3 atom stereocenters. The molecule has 1 unspecified atom stereocenters. The van der Waals surface area contributed by atoms with Crippen LogP contribution in [0.2, 0.25) is 0 Å². The molecule has 1 aromatic rings. The fourth-order valence-corrected chi connectivity index (χ4v) is 5.44. The van der Waals surface area contributed by atoms with Crippen molar-refractivity contribution in [2.45, 2.75) is 57.9 Å². The van der Waals surface area contributed by atoms with Crippen LogP contribution >= 0.6 is 0 Å². The van der Waals surface area contributed by atoms with Crippen molar-refractivity contribution < 1.29 is 0 Å². The first-order valence-corrected chi connectivity index (χ1v) is 12.0. The van der Waals surface area contributed by atoms with E-state index >= 15 is 0 Å². The Morgan fingerprint density at radius 2 is 2.10 bits per heavy atom. The zero-order valence-corrected chi connectivity index (χ0v) is 19.0. The number of unbranched alkanes of at least 4 members (excludes halogenated alkanes) is 3. The lowest BCUT2D eigenvalue weighted by Crippen LogP contribution is -2.32. The summed E-state index contributed by atoms with van der Waals surface area (Å²) in [7, 11) is 0. The lowest BCUT2D eigenvalue weighted by molar-refractivity contribution is 0.279. The Morgan fingerprint density at radius 3 is 2.90 bits per heavy atom. The Morgan fingerprint density at radius 1 is 1.23 bits per heavy atom. The van der Waals surface area contributed by atoms with Gasteiger partial charge in [0.2, 0.25) is 0 Å². The molecule has 0 radical (unpaired) electrons. The second kappa shape index (κ2) is 10.1. The molecule has 0 amide bonds. The maximum Gasteiger partial charge on any atom is 0.0549 e. The minimum atomic E-state index is 0.317. The topological polar surface area (TPSA) is 15.6 Å². The van der Waals surface area contributed by atoms with Gasteiger partial charge in [-0.15, -0.1) is 6.58 Å². The van der Waals surface area contributed by atoms with Crippen LogP contribution in [0, 0.1) is 11.8 Å². The maximum atomic E-state index is 4.84. The lowest BCUT2D eigenvalue weighted by Gasteiger charge is -2.29. The van der Waals surface area contributed by atoms with Gasteiger partial charge in [0.15, 0.2) is 0 Å². The Labute approximate surface area is 187 Å². The van der Waals surface area contributed by atoms with Crippen molar-refractivity contribution in [1.29, 1.82) is 0 Å². The molecule has 1 fully saturated rings. The zero-order valence-electron chi connectivity index (χ0n) is 19.0. The largest absolute Gasteiger partial charge is 0.365 e. The summed E-state index contributed by atoms with van der Waals surface area (Å²) < 4.78 is 0. The standard InChI is InChI=1S/C29H36N2/c1-4-6-7-8-13-20-31-27-17-12-11-16-25(27)26-21-23(18-19-28(26)31)29(30-5-2)24-15-10-9-14-22(24)3/h4-5,9-10,12,14-15,17,19,21,23,25,27H,1,3,6-8,11,13,16,18,20H2,2H3/b29-24-,30-5+/t23-,25-,27?/m1/s1. The molecular weight excluding hydrogens is 376 g/mol. The van der Waals surface area contributed by atoms with Gasteiger partial charge in [-0.3, -0.25) is 4.99 Å². The number of likely N-dealkylation sites (tertiary alicyclic amines) is 1. The number of nitrogens with zero attached hydrogens (tertiary/aromatic N) is 2. The highest BCUT2D eigenvalue weighted by molar-refractivity contribution is 5.66. The second-order valence-corrected chi connectivity index (χ2v) is 8.92. The van der Waals surface area contributed by atoms with E-state index in [9.17, 15) is 0 Å². The molecule has 1 aromatic carbocycles. The summed E-state index contributed by atoms with van der Waals surface area (Å²) >= 11 is 0. The van der Waals surface area contributed by atoms with Crippen LogP contribution < -0.4 is 10.4 Å². The van der Waals surface area contributed by atoms with Gasteiger partial charge < -0.3 is 4.90 Å². The summed E-state index contributed by atoms with van der Waals surface area (Å²) in [6, 6.07) is 8.93. The van der Waals surface area contributed by atoms with Crippen molar-refractivity contribution in [3.05, 3.63) is 82.9 Å². The minimum absolute atomic E-state index is 0.317. The van der Waals surface area contributed by atoms with Crippen LogP contribution in [-0.2, 0) is 0 Å². The third kappa shape index (κ3) is 4.54. The van der Waals surface area contributed by atoms with E-state index in [0.717, 1.165) is 30.3 Å². The minimum Gasteiger partial charge on any atom is -0.365 e. The highest BCUT2D eigenvalue weighted by atomic mass is 15.2. The Bertz CT molecular complexity index is 1020. The lowest BCUT2D eigenvalue weighted by atomic mass is 9.81. The van der Waals surface area contributed by atoms with Gasteiger partial charge in [-0.1, -0.05) is 67.6 Å². The summed E-state index contributed by atoms with van der Waals surface area (Å²) in [5.74, 6) is 0.936.